The van der Waals surface area contributed by atoms with Crippen LogP contribution in [0.15, 0.2) is 18.2 Å². The highest BCUT2D eigenvalue weighted by molar-refractivity contribution is 5.91. The maximum atomic E-state index is 12.4. The standard InChI is InChI=1S/C19H22N2O7/c1-13(19(23)20-8-4-2-3-5-9-20)28-18(22)7-6-14-10-16-17(27-12-26-16)11-15(14)21(24)25/h6-7,10-11,13H,2-5,8-9,12H2,1H3/b7-6+/t13-/m1/s1. The second-order valence-corrected chi connectivity index (χ2v) is 6.67. The first kappa shape index (κ1) is 19.7. The minimum atomic E-state index is -0.915. The predicted molar refractivity (Wildman–Crippen MR) is 98.9 cm³/mol. The first-order chi connectivity index (χ1) is 13.5. The Morgan fingerprint density at radius 1 is 1.18 bits per heavy atom. The summed E-state index contributed by atoms with van der Waals surface area (Å²) in [6, 6.07) is 2.68. The Morgan fingerprint density at radius 2 is 1.82 bits per heavy atom. The van der Waals surface area contributed by atoms with Crippen LogP contribution in [0.1, 0.15) is 38.2 Å². The molecule has 0 bridgehead atoms. The molecule has 1 amide bonds. The number of fused-ring (bicyclic) bond motifs is 1. The number of hydrogen-bond acceptors (Lipinski definition) is 7. The molecule has 0 aromatic heterocycles. The fraction of sp³-hybridized carbons (Fsp3) is 0.474. The zero-order valence-corrected chi connectivity index (χ0v) is 15.6. The van der Waals surface area contributed by atoms with Crippen LogP contribution < -0.4 is 9.47 Å². The molecule has 2 heterocycles. The number of amides is 1. The number of likely N-dealkylation sites (tertiary alicyclic amines) is 1. The van der Waals surface area contributed by atoms with Crippen molar-refractivity contribution in [3.05, 3.63) is 33.9 Å². The van der Waals surface area contributed by atoms with E-state index < -0.39 is 17.0 Å². The third-order valence-electron chi connectivity index (χ3n) is 4.68. The number of esters is 1. The zero-order chi connectivity index (χ0) is 20.1. The molecule has 0 N–H and O–H groups in total. The van der Waals surface area contributed by atoms with Crippen LogP contribution in [0.5, 0.6) is 11.5 Å². The number of nitrogens with zero attached hydrogens (tertiary/aromatic N) is 2. The summed E-state index contributed by atoms with van der Waals surface area (Å²) in [7, 11) is 0. The van der Waals surface area contributed by atoms with Crippen LogP contribution in [-0.4, -0.2) is 47.7 Å². The van der Waals surface area contributed by atoms with Gasteiger partial charge in [0.1, 0.15) is 0 Å². The maximum absolute atomic E-state index is 12.4. The summed E-state index contributed by atoms with van der Waals surface area (Å²) >= 11 is 0. The fourth-order valence-electron chi connectivity index (χ4n) is 3.21. The molecule has 0 spiro atoms. The molecule has 2 aliphatic heterocycles. The Bertz CT molecular complexity index is 798. The molecular formula is C19H22N2O7. The molecule has 3 rings (SSSR count). The van der Waals surface area contributed by atoms with E-state index in [-0.39, 0.29) is 29.7 Å². The van der Waals surface area contributed by atoms with Crippen molar-refractivity contribution in [3.63, 3.8) is 0 Å². The van der Waals surface area contributed by atoms with E-state index in [9.17, 15) is 19.7 Å². The van der Waals surface area contributed by atoms with Crippen molar-refractivity contribution in [2.45, 2.75) is 38.7 Å². The van der Waals surface area contributed by atoms with Gasteiger partial charge in [0.2, 0.25) is 6.79 Å². The van der Waals surface area contributed by atoms with Gasteiger partial charge in [0.15, 0.2) is 17.6 Å². The molecular weight excluding hydrogens is 368 g/mol. The quantitative estimate of drug-likeness (QED) is 0.329. The topological polar surface area (TPSA) is 108 Å². The lowest BCUT2D eigenvalue weighted by Crippen LogP contribution is -2.40. The van der Waals surface area contributed by atoms with Crippen molar-refractivity contribution in [1.29, 1.82) is 0 Å². The lowest BCUT2D eigenvalue weighted by Gasteiger charge is -2.23. The van der Waals surface area contributed by atoms with E-state index in [4.69, 9.17) is 14.2 Å². The van der Waals surface area contributed by atoms with E-state index in [1.165, 1.54) is 25.1 Å². The van der Waals surface area contributed by atoms with E-state index >= 15 is 0 Å². The smallest absolute Gasteiger partial charge is 0.331 e. The molecule has 1 aromatic rings. The lowest BCUT2D eigenvalue weighted by atomic mass is 10.1. The summed E-state index contributed by atoms with van der Waals surface area (Å²) in [6.07, 6.45) is 5.49. The van der Waals surface area contributed by atoms with Crippen molar-refractivity contribution in [2.75, 3.05) is 19.9 Å². The predicted octanol–water partition coefficient (Wildman–Crippen LogP) is 2.67. The summed E-state index contributed by atoms with van der Waals surface area (Å²) in [6.45, 7) is 2.85. The third-order valence-corrected chi connectivity index (χ3v) is 4.68. The van der Waals surface area contributed by atoms with Gasteiger partial charge in [0.25, 0.3) is 11.6 Å². The van der Waals surface area contributed by atoms with Gasteiger partial charge in [0, 0.05) is 19.2 Å². The van der Waals surface area contributed by atoms with Gasteiger partial charge >= 0.3 is 5.97 Å². The molecule has 1 aromatic carbocycles. The van der Waals surface area contributed by atoms with Crippen LogP contribution in [0.25, 0.3) is 6.08 Å². The fourth-order valence-corrected chi connectivity index (χ4v) is 3.21. The van der Waals surface area contributed by atoms with Gasteiger partial charge in [-0.25, -0.2) is 4.79 Å². The van der Waals surface area contributed by atoms with Gasteiger partial charge in [-0.1, -0.05) is 12.8 Å². The molecule has 150 valence electrons. The van der Waals surface area contributed by atoms with Gasteiger partial charge in [-0.05, 0) is 31.9 Å². The highest BCUT2D eigenvalue weighted by Gasteiger charge is 2.25. The van der Waals surface area contributed by atoms with Crippen LogP contribution in [0.3, 0.4) is 0 Å². The molecule has 0 unspecified atom stereocenters. The van der Waals surface area contributed by atoms with E-state index in [2.05, 4.69) is 0 Å². The van der Waals surface area contributed by atoms with Gasteiger partial charge in [-0.3, -0.25) is 14.9 Å². The second kappa shape index (κ2) is 8.73. The van der Waals surface area contributed by atoms with Gasteiger partial charge in [0.05, 0.1) is 16.6 Å². The Morgan fingerprint density at radius 3 is 2.46 bits per heavy atom. The Kier molecular flexibility index (Phi) is 6.13. The summed E-state index contributed by atoms with van der Waals surface area (Å²) in [5, 5.41) is 11.2. The number of carbonyl (C=O) groups excluding carboxylic acids is 2. The Labute approximate surface area is 162 Å². The molecule has 1 saturated heterocycles. The van der Waals surface area contributed by atoms with Gasteiger partial charge in [-0.15, -0.1) is 0 Å². The number of nitro benzene ring substituents is 1. The SMILES string of the molecule is C[C@@H](OC(=O)/C=C/c1cc2c(cc1[N+](=O)[O-])OCO2)C(=O)N1CCCCCC1. The lowest BCUT2D eigenvalue weighted by molar-refractivity contribution is -0.385. The van der Waals surface area contributed by atoms with Gasteiger partial charge < -0.3 is 19.1 Å². The van der Waals surface area contributed by atoms with Crippen LogP contribution >= 0.6 is 0 Å². The second-order valence-electron chi connectivity index (χ2n) is 6.67. The average molecular weight is 390 g/mol. The van der Waals surface area contributed by atoms with Crippen molar-refractivity contribution in [2.24, 2.45) is 0 Å². The van der Waals surface area contributed by atoms with Gasteiger partial charge in [-0.2, -0.15) is 0 Å². The van der Waals surface area contributed by atoms with Crippen molar-refractivity contribution < 1.29 is 28.7 Å². The van der Waals surface area contributed by atoms with E-state index in [0.717, 1.165) is 31.8 Å². The number of rotatable bonds is 5. The molecule has 0 radical (unpaired) electrons. The zero-order valence-electron chi connectivity index (χ0n) is 15.6. The van der Waals surface area contributed by atoms with Crippen LogP contribution in [-0.2, 0) is 14.3 Å². The monoisotopic (exact) mass is 390 g/mol. The highest BCUT2D eigenvalue weighted by Crippen LogP contribution is 2.38. The first-order valence-electron chi connectivity index (χ1n) is 9.21. The average Bonchev–Trinajstić information content (AvgIpc) is 2.95. The number of hydrogen-bond donors (Lipinski definition) is 0. The molecule has 1 atom stereocenters. The first-order valence-corrected chi connectivity index (χ1v) is 9.21. The van der Waals surface area contributed by atoms with E-state index in [0.29, 0.717) is 18.8 Å². The molecule has 1 fully saturated rings. The number of ether oxygens (including phenoxy) is 3. The Hall–Kier alpha value is -3.10. The molecule has 28 heavy (non-hydrogen) atoms. The van der Waals surface area contributed by atoms with E-state index in [1.54, 1.807) is 4.90 Å². The maximum Gasteiger partial charge on any atom is 0.331 e. The molecule has 0 saturated carbocycles. The van der Waals surface area contributed by atoms with Crippen LogP contribution in [0.4, 0.5) is 5.69 Å². The number of carbonyl (C=O) groups is 2. The summed E-state index contributed by atoms with van der Waals surface area (Å²) < 4.78 is 15.5. The summed E-state index contributed by atoms with van der Waals surface area (Å²) in [4.78, 5) is 36.9. The number of benzene rings is 1. The van der Waals surface area contributed by atoms with Crippen LogP contribution in [0.2, 0.25) is 0 Å². The molecule has 2 aliphatic rings. The molecule has 9 nitrogen and oxygen atoms in total. The van der Waals surface area contributed by atoms with Crippen molar-refractivity contribution in [3.8, 4) is 11.5 Å². The largest absolute Gasteiger partial charge is 0.454 e. The Balaban J connectivity index is 1.65. The number of nitro groups is 1. The molecule has 0 aliphatic carbocycles. The molecule has 9 heteroatoms. The van der Waals surface area contributed by atoms with E-state index in [1.807, 2.05) is 0 Å². The van der Waals surface area contributed by atoms with Crippen molar-refractivity contribution in [1.82, 2.24) is 4.90 Å². The highest BCUT2D eigenvalue weighted by atomic mass is 16.7. The minimum absolute atomic E-state index is 0.0160. The normalized spacial score (nSPS) is 17.2. The summed E-state index contributed by atoms with van der Waals surface area (Å²) in [5.41, 5.74) is -0.0420. The van der Waals surface area contributed by atoms with Crippen LogP contribution in [0, 0.1) is 10.1 Å². The third kappa shape index (κ3) is 4.59. The summed E-state index contributed by atoms with van der Waals surface area (Å²) in [5.74, 6) is -0.327. The van der Waals surface area contributed by atoms with Crippen molar-refractivity contribution >= 4 is 23.6 Å². The minimum Gasteiger partial charge on any atom is -0.454 e.